The lowest BCUT2D eigenvalue weighted by Gasteiger charge is -2.08. The van der Waals surface area contributed by atoms with Gasteiger partial charge in [-0.1, -0.05) is 219 Å². The van der Waals surface area contributed by atoms with Crippen LogP contribution in [-0.2, 0) is 9.59 Å². The topological polar surface area (TPSA) is 65.7 Å². The van der Waals surface area contributed by atoms with E-state index >= 15 is 0 Å². The van der Waals surface area contributed by atoms with Crippen molar-refractivity contribution in [3.05, 3.63) is 11.5 Å². The Hall–Kier alpha value is -1.78. The number of rotatable bonds is 38. The highest BCUT2D eigenvalue weighted by Crippen LogP contribution is 2.38. The molecule has 0 N–H and O–H groups in total. The number of unbranched alkanes of at least 4 members (excludes halogenated alkanes) is 32. The number of carbonyl (C=O) groups is 2. The van der Waals surface area contributed by atoms with Crippen molar-refractivity contribution in [3.63, 3.8) is 0 Å². The summed E-state index contributed by atoms with van der Waals surface area (Å²) in [5.41, 5.74) is 0. The molecule has 1 aromatic heterocycles. The molecule has 5 nitrogen and oxygen atoms in total. The smallest absolute Gasteiger partial charge is 0.311 e. The van der Waals surface area contributed by atoms with Gasteiger partial charge in [0.25, 0.3) is 0 Å². The molecule has 1 rings (SSSR count). The molecular weight excluding hydrogens is 633 g/mol. The third-order valence-corrected chi connectivity index (χ3v) is 10.6. The SMILES string of the molecule is CCCCCCCCCCCCCCCCCCCC(=O)Oc1c(C)oc(C)c1OC(=O)CCCCCCCCCCCCCCCCCCC. The molecule has 1 heterocycles. The summed E-state index contributed by atoms with van der Waals surface area (Å²) in [6.45, 7) is 8.06. The monoisotopic (exact) mass is 717 g/mol. The Kier molecular flexibility index (Phi) is 32.7. The van der Waals surface area contributed by atoms with E-state index in [0.29, 0.717) is 24.4 Å². The van der Waals surface area contributed by atoms with E-state index in [1.54, 1.807) is 13.8 Å². The van der Waals surface area contributed by atoms with Gasteiger partial charge in [-0.2, -0.15) is 0 Å². The van der Waals surface area contributed by atoms with Gasteiger partial charge >= 0.3 is 11.9 Å². The summed E-state index contributed by atoms with van der Waals surface area (Å²) in [5.74, 6) is 0.906. The Labute approximate surface area is 316 Å². The van der Waals surface area contributed by atoms with Crippen molar-refractivity contribution in [2.45, 2.75) is 259 Å². The third-order valence-electron chi connectivity index (χ3n) is 10.6. The van der Waals surface area contributed by atoms with Crippen molar-refractivity contribution < 1.29 is 23.5 Å². The van der Waals surface area contributed by atoms with Crippen LogP contribution in [0.2, 0.25) is 0 Å². The number of hydrogen-bond acceptors (Lipinski definition) is 5. The van der Waals surface area contributed by atoms with E-state index in [0.717, 1.165) is 38.5 Å². The minimum atomic E-state index is -0.287. The average Bonchev–Trinajstić information content (AvgIpc) is 3.37. The van der Waals surface area contributed by atoms with E-state index in [1.165, 1.54) is 180 Å². The van der Waals surface area contributed by atoms with Crippen LogP contribution < -0.4 is 9.47 Å². The molecular formula is C46H84O5. The summed E-state index contributed by atoms with van der Waals surface area (Å²) in [4.78, 5) is 25.2. The first-order valence-electron chi connectivity index (χ1n) is 22.5. The minimum Gasteiger partial charge on any atom is -0.459 e. The number of ether oxygens (including phenoxy) is 2. The molecule has 298 valence electrons. The molecule has 0 radical (unpaired) electrons. The number of hydrogen-bond donors (Lipinski definition) is 0. The van der Waals surface area contributed by atoms with Crippen molar-refractivity contribution >= 4 is 11.9 Å². The Bertz CT molecular complexity index is 862. The summed E-state index contributed by atoms with van der Waals surface area (Å²) < 4.78 is 17.0. The van der Waals surface area contributed by atoms with Gasteiger partial charge in [-0.15, -0.1) is 0 Å². The Morgan fingerprint density at radius 2 is 0.549 bits per heavy atom. The Morgan fingerprint density at radius 3 is 0.765 bits per heavy atom. The van der Waals surface area contributed by atoms with E-state index in [9.17, 15) is 9.59 Å². The maximum absolute atomic E-state index is 12.6. The van der Waals surface area contributed by atoms with Gasteiger partial charge in [0.05, 0.1) is 0 Å². The molecule has 0 bridgehead atoms. The van der Waals surface area contributed by atoms with Gasteiger partial charge in [0.15, 0.2) is 0 Å². The zero-order chi connectivity index (χ0) is 37.0. The second-order valence-electron chi connectivity index (χ2n) is 15.6. The fourth-order valence-electron chi connectivity index (χ4n) is 7.20. The van der Waals surface area contributed by atoms with Crippen LogP contribution in [0.4, 0.5) is 0 Å². The molecule has 51 heavy (non-hydrogen) atoms. The highest BCUT2D eigenvalue weighted by atomic mass is 16.6. The molecule has 0 aliphatic carbocycles. The number of carbonyl (C=O) groups excluding carboxylic acids is 2. The van der Waals surface area contributed by atoms with Crippen LogP contribution in [0.1, 0.15) is 257 Å². The number of aryl methyl sites for hydroxylation is 2. The molecule has 0 aromatic carbocycles. The number of furan rings is 1. The number of esters is 2. The lowest BCUT2D eigenvalue weighted by Crippen LogP contribution is -2.12. The van der Waals surface area contributed by atoms with Crippen LogP contribution in [0.15, 0.2) is 4.42 Å². The van der Waals surface area contributed by atoms with Crippen LogP contribution in [0.25, 0.3) is 0 Å². The third kappa shape index (κ3) is 28.4. The van der Waals surface area contributed by atoms with Crippen LogP contribution in [-0.4, -0.2) is 11.9 Å². The van der Waals surface area contributed by atoms with Crippen LogP contribution in [0.3, 0.4) is 0 Å². The summed E-state index contributed by atoms with van der Waals surface area (Å²) in [7, 11) is 0. The van der Waals surface area contributed by atoms with E-state index in [4.69, 9.17) is 13.9 Å². The van der Waals surface area contributed by atoms with Crippen molar-refractivity contribution in [3.8, 4) is 11.5 Å². The highest BCUT2D eigenvalue weighted by molar-refractivity contribution is 5.77. The highest BCUT2D eigenvalue weighted by Gasteiger charge is 2.23. The molecule has 0 aliphatic heterocycles. The van der Waals surface area contributed by atoms with E-state index in [1.807, 2.05) is 0 Å². The summed E-state index contributed by atoms with van der Waals surface area (Å²) in [6, 6.07) is 0. The summed E-state index contributed by atoms with van der Waals surface area (Å²) in [6.07, 6.45) is 45.3. The molecule has 5 heteroatoms. The standard InChI is InChI=1S/C46H84O5/c1-5-7-9-11-13-15-17-19-21-23-25-27-29-31-33-35-37-39-43(47)50-45-41(3)49-42(4)46(45)51-44(48)40-38-36-34-32-30-28-26-24-22-20-18-16-14-12-10-8-6-2/h5-40H2,1-4H3. The van der Waals surface area contributed by atoms with E-state index < -0.39 is 0 Å². The van der Waals surface area contributed by atoms with Gasteiger partial charge in [0.2, 0.25) is 11.5 Å². The Morgan fingerprint density at radius 1 is 0.353 bits per heavy atom. The van der Waals surface area contributed by atoms with Gasteiger partial charge in [0.1, 0.15) is 11.5 Å². The average molecular weight is 717 g/mol. The van der Waals surface area contributed by atoms with Gasteiger partial charge < -0.3 is 13.9 Å². The quantitative estimate of drug-likeness (QED) is 0.0503. The summed E-state index contributed by atoms with van der Waals surface area (Å²) >= 11 is 0. The molecule has 0 fully saturated rings. The fourth-order valence-corrected chi connectivity index (χ4v) is 7.20. The fraction of sp³-hybridized carbons (Fsp3) is 0.870. The van der Waals surface area contributed by atoms with Gasteiger partial charge in [-0.25, -0.2) is 0 Å². The molecule has 1 aromatic rings. The van der Waals surface area contributed by atoms with Crippen LogP contribution in [0, 0.1) is 13.8 Å². The molecule has 0 saturated carbocycles. The van der Waals surface area contributed by atoms with Crippen molar-refractivity contribution in [1.82, 2.24) is 0 Å². The Balaban J connectivity index is 2.03. The van der Waals surface area contributed by atoms with E-state index in [-0.39, 0.29) is 23.4 Å². The summed E-state index contributed by atoms with van der Waals surface area (Å²) in [5, 5.41) is 0. The second kappa shape index (κ2) is 35.3. The van der Waals surface area contributed by atoms with Gasteiger partial charge in [0, 0.05) is 12.8 Å². The zero-order valence-corrected chi connectivity index (χ0v) is 34.5. The largest absolute Gasteiger partial charge is 0.459 e. The molecule has 0 spiro atoms. The maximum Gasteiger partial charge on any atom is 0.311 e. The second-order valence-corrected chi connectivity index (χ2v) is 15.6. The van der Waals surface area contributed by atoms with Crippen molar-refractivity contribution in [1.29, 1.82) is 0 Å². The minimum absolute atomic E-state index is 0.264. The lowest BCUT2D eigenvalue weighted by molar-refractivity contribution is -0.137. The molecule has 0 atom stereocenters. The molecule has 0 aliphatic rings. The first-order valence-corrected chi connectivity index (χ1v) is 22.5. The first kappa shape index (κ1) is 47.2. The van der Waals surface area contributed by atoms with Crippen LogP contribution >= 0.6 is 0 Å². The first-order chi connectivity index (χ1) is 25.0. The molecule has 0 amide bonds. The predicted molar refractivity (Wildman–Crippen MR) is 217 cm³/mol. The maximum atomic E-state index is 12.6. The molecule has 0 unspecified atom stereocenters. The van der Waals surface area contributed by atoms with Crippen molar-refractivity contribution in [2.24, 2.45) is 0 Å². The predicted octanol–water partition coefficient (Wildman–Crippen LogP) is 15.8. The normalized spacial score (nSPS) is 11.4. The van der Waals surface area contributed by atoms with E-state index in [2.05, 4.69) is 13.8 Å². The zero-order valence-electron chi connectivity index (χ0n) is 34.5. The van der Waals surface area contributed by atoms with Gasteiger partial charge in [-0.05, 0) is 26.7 Å². The molecule has 0 saturated heterocycles. The van der Waals surface area contributed by atoms with Gasteiger partial charge in [-0.3, -0.25) is 9.59 Å². The van der Waals surface area contributed by atoms with Crippen LogP contribution in [0.5, 0.6) is 11.5 Å². The lowest BCUT2D eigenvalue weighted by atomic mass is 10.0. The van der Waals surface area contributed by atoms with Crippen molar-refractivity contribution in [2.75, 3.05) is 0 Å².